The summed E-state index contributed by atoms with van der Waals surface area (Å²) in [5.41, 5.74) is 0. The minimum Gasteiger partial charge on any atom is -0.477 e. The molecule has 1 aromatic heterocycles. The molecule has 0 radical (unpaired) electrons. The molecule has 0 amide bonds. The third kappa shape index (κ3) is 3.53. The molecule has 0 spiro atoms. The van der Waals surface area contributed by atoms with Crippen LogP contribution in [0.25, 0.3) is 0 Å². The second-order valence-electron chi connectivity index (χ2n) is 4.07. The fourth-order valence-corrected chi connectivity index (χ4v) is 4.25. The van der Waals surface area contributed by atoms with Crippen molar-refractivity contribution in [1.29, 1.82) is 5.26 Å². The first-order chi connectivity index (χ1) is 8.80. The molecular formula is C11H14N2O4S2. The smallest absolute Gasteiger partial charge is 0.345 e. The molecule has 1 N–H and O–H groups in total. The van der Waals surface area contributed by atoms with Crippen LogP contribution >= 0.6 is 11.3 Å². The normalized spacial score (nSPS) is 11.7. The topological polar surface area (TPSA) is 98.5 Å². The molecule has 104 valence electrons. The number of aromatic carboxylic acids is 1. The third-order valence-corrected chi connectivity index (χ3v) is 5.53. The minimum atomic E-state index is -3.76. The third-order valence-electron chi connectivity index (χ3n) is 2.41. The zero-order valence-electron chi connectivity index (χ0n) is 10.5. The van der Waals surface area contributed by atoms with E-state index >= 15 is 0 Å². The number of rotatable bonds is 6. The van der Waals surface area contributed by atoms with E-state index in [0.29, 0.717) is 0 Å². The van der Waals surface area contributed by atoms with Crippen LogP contribution in [0.15, 0.2) is 16.3 Å². The fraction of sp³-hybridized carbons (Fsp3) is 0.455. The number of thiophene rings is 1. The quantitative estimate of drug-likeness (QED) is 0.863. The maximum Gasteiger partial charge on any atom is 0.345 e. The zero-order chi connectivity index (χ0) is 14.6. The minimum absolute atomic E-state index is 0.0254. The van der Waals surface area contributed by atoms with Gasteiger partial charge in [-0.25, -0.2) is 13.2 Å². The van der Waals surface area contributed by atoms with E-state index in [0.717, 1.165) is 17.4 Å². The second-order valence-corrected chi connectivity index (χ2v) is 6.87. The summed E-state index contributed by atoms with van der Waals surface area (Å²) in [6, 6.07) is 2.75. The van der Waals surface area contributed by atoms with Crippen LogP contribution in [-0.2, 0) is 10.0 Å². The van der Waals surface area contributed by atoms with E-state index in [9.17, 15) is 13.2 Å². The first-order valence-electron chi connectivity index (χ1n) is 5.51. The van der Waals surface area contributed by atoms with E-state index in [1.54, 1.807) is 13.8 Å². The summed E-state index contributed by atoms with van der Waals surface area (Å²) in [6.45, 7) is 3.51. The van der Waals surface area contributed by atoms with Crippen molar-refractivity contribution >= 4 is 27.3 Å². The van der Waals surface area contributed by atoms with Gasteiger partial charge in [0, 0.05) is 24.4 Å². The Kier molecular flexibility index (Phi) is 5.05. The lowest BCUT2D eigenvalue weighted by Crippen LogP contribution is -2.37. The summed E-state index contributed by atoms with van der Waals surface area (Å²) in [5.74, 6) is -1.15. The van der Waals surface area contributed by atoms with Gasteiger partial charge in [0.1, 0.15) is 4.88 Å². The van der Waals surface area contributed by atoms with Gasteiger partial charge in [-0.1, -0.05) is 0 Å². The molecule has 1 aromatic rings. The van der Waals surface area contributed by atoms with Gasteiger partial charge < -0.3 is 5.11 Å². The lowest BCUT2D eigenvalue weighted by Gasteiger charge is -2.24. The summed E-state index contributed by atoms with van der Waals surface area (Å²) in [6.07, 6.45) is 0.0906. The molecule has 0 saturated carbocycles. The van der Waals surface area contributed by atoms with Crippen molar-refractivity contribution in [3.63, 3.8) is 0 Å². The highest BCUT2D eigenvalue weighted by atomic mass is 32.2. The largest absolute Gasteiger partial charge is 0.477 e. The Bertz CT molecular complexity index is 598. The Morgan fingerprint density at radius 1 is 1.58 bits per heavy atom. The van der Waals surface area contributed by atoms with Gasteiger partial charge in [0.25, 0.3) is 0 Å². The number of carboxylic acids is 1. The van der Waals surface area contributed by atoms with Gasteiger partial charge >= 0.3 is 5.97 Å². The Labute approximate surface area is 115 Å². The summed E-state index contributed by atoms with van der Waals surface area (Å²) in [7, 11) is -3.76. The van der Waals surface area contributed by atoms with Crippen LogP contribution in [0.3, 0.4) is 0 Å². The highest BCUT2D eigenvalue weighted by Gasteiger charge is 2.28. The Morgan fingerprint density at radius 2 is 2.21 bits per heavy atom. The molecule has 8 heteroatoms. The molecule has 1 heterocycles. The Balaban J connectivity index is 3.12. The molecule has 0 atom stereocenters. The molecule has 1 rings (SSSR count). The first-order valence-corrected chi connectivity index (χ1v) is 7.83. The molecule has 0 bridgehead atoms. The summed E-state index contributed by atoms with van der Waals surface area (Å²) >= 11 is 0.867. The summed E-state index contributed by atoms with van der Waals surface area (Å²) in [4.78, 5) is 10.7. The molecule has 0 unspecified atom stereocenters. The number of carbonyl (C=O) groups is 1. The van der Waals surface area contributed by atoms with Crippen LogP contribution < -0.4 is 0 Å². The van der Waals surface area contributed by atoms with E-state index in [2.05, 4.69) is 0 Å². The standard InChI is InChI=1S/C11H14N2O4S2/c1-8(2)13(5-3-4-12)19(16,17)9-6-10(11(14)15)18-7-9/h6-8H,3,5H2,1-2H3,(H,14,15). The van der Waals surface area contributed by atoms with E-state index in [-0.39, 0.29) is 28.8 Å². The van der Waals surface area contributed by atoms with Crippen LogP contribution in [0.1, 0.15) is 29.9 Å². The molecule has 6 nitrogen and oxygen atoms in total. The highest BCUT2D eigenvalue weighted by molar-refractivity contribution is 7.89. The maximum atomic E-state index is 12.3. The lowest BCUT2D eigenvalue weighted by molar-refractivity contribution is 0.0702. The summed E-state index contributed by atoms with van der Waals surface area (Å²) < 4.78 is 25.9. The number of nitrogens with zero attached hydrogens (tertiary/aromatic N) is 2. The van der Waals surface area contributed by atoms with Gasteiger partial charge in [0.15, 0.2) is 0 Å². The highest BCUT2D eigenvalue weighted by Crippen LogP contribution is 2.24. The monoisotopic (exact) mass is 302 g/mol. The van der Waals surface area contributed by atoms with Crippen LogP contribution in [-0.4, -0.2) is 36.4 Å². The van der Waals surface area contributed by atoms with Crippen LogP contribution in [0.4, 0.5) is 0 Å². The predicted octanol–water partition coefficient (Wildman–Crippen LogP) is 1.76. The van der Waals surface area contributed by atoms with Gasteiger partial charge in [-0.15, -0.1) is 11.3 Å². The van der Waals surface area contributed by atoms with E-state index < -0.39 is 16.0 Å². The lowest BCUT2D eigenvalue weighted by atomic mass is 10.3. The van der Waals surface area contributed by atoms with Gasteiger partial charge in [-0.2, -0.15) is 9.57 Å². The molecule has 0 aliphatic rings. The van der Waals surface area contributed by atoms with Gasteiger partial charge in [-0.3, -0.25) is 0 Å². The zero-order valence-corrected chi connectivity index (χ0v) is 12.2. The number of sulfonamides is 1. The van der Waals surface area contributed by atoms with Gasteiger partial charge in [0.05, 0.1) is 11.0 Å². The predicted molar refractivity (Wildman–Crippen MR) is 70.5 cm³/mol. The van der Waals surface area contributed by atoms with Crippen molar-refractivity contribution in [2.45, 2.75) is 31.2 Å². The van der Waals surface area contributed by atoms with E-state index in [4.69, 9.17) is 10.4 Å². The SMILES string of the molecule is CC(C)N(CCC#N)S(=O)(=O)c1csc(C(=O)O)c1. The fourth-order valence-electron chi connectivity index (χ4n) is 1.52. The number of nitriles is 1. The van der Waals surface area contributed by atoms with Crippen molar-refractivity contribution in [1.82, 2.24) is 4.31 Å². The number of hydrogen-bond donors (Lipinski definition) is 1. The Hall–Kier alpha value is -1.43. The van der Waals surface area contributed by atoms with Gasteiger partial charge in [-0.05, 0) is 19.9 Å². The van der Waals surface area contributed by atoms with Crippen molar-refractivity contribution in [3.05, 3.63) is 16.3 Å². The number of hydrogen-bond acceptors (Lipinski definition) is 5. The average Bonchev–Trinajstić information content (AvgIpc) is 2.78. The van der Waals surface area contributed by atoms with Crippen molar-refractivity contribution in [2.75, 3.05) is 6.54 Å². The molecule has 0 saturated heterocycles. The van der Waals surface area contributed by atoms with E-state index in [1.807, 2.05) is 6.07 Å². The maximum absolute atomic E-state index is 12.3. The molecular weight excluding hydrogens is 288 g/mol. The van der Waals surface area contributed by atoms with Crippen molar-refractivity contribution < 1.29 is 18.3 Å². The number of carboxylic acid groups (broad SMARTS) is 1. The van der Waals surface area contributed by atoms with E-state index in [1.165, 1.54) is 9.69 Å². The van der Waals surface area contributed by atoms with Crippen LogP contribution in [0, 0.1) is 11.3 Å². The van der Waals surface area contributed by atoms with Crippen molar-refractivity contribution in [3.8, 4) is 6.07 Å². The summed E-state index contributed by atoms with van der Waals surface area (Å²) in [5, 5.41) is 18.7. The second kappa shape index (κ2) is 6.14. The first kappa shape index (κ1) is 15.6. The van der Waals surface area contributed by atoms with Crippen LogP contribution in [0.5, 0.6) is 0 Å². The average molecular weight is 302 g/mol. The molecule has 0 aliphatic heterocycles. The van der Waals surface area contributed by atoms with Gasteiger partial charge in [0.2, 0.25) is 10.0 Å². The molecule has 0 aliphatic carbocycles. The Morgan fingerprint density at radius 3 is 2.63 bits per heavy atom. The molecule has 19 heavy (non-hydrogen) atoms. The van der Waals surface area contributed by atoms with Crippen molar-refractivity contribution in [2.24, 2.45) is 0 Å². The molecule has 0 fully saturated rings. The van der Waals surface area contributed by atoms with Crippen LogP contribution in [0.2, 0.25) is 0 Å². The molecule has 0 aromatic carbocycles.